The topological polar surface area (TPSA) is 104 Å². The zero-order chi connectivity index (χ0) is 12.0. The Hall–Kier alpha value is -1.24. The van der Waals surface area contributed by atoms with E-state index in [9.17, 15) is 14.7 Å². The SMILES string of the molecule is C=C(C)C(=O)O[C@@H](C=O)[C@@H](O)[C@H](O)CO. The maximum absolute atomic E-state index is 11.0. The summed E-state index contributed by atoms with van der Waals surface area (Å²) in [4.78, 5) is 21.5. The van der Waals surface area contributed by atoms with Crippen molar-refractivity contribution in [3.63, 3.8) is 0 Å². The lowest BCUT2D eigenvalue weighted by Crippen LogP contribution is -2.43. The van der Waals surface area contributed by atoms with E-state index in [2.05, 4.69) is 11.3 Å². The van der Waals surface area contributed by atoms with E-state index in [1.165, 1.54) is 6.92 Å². The summed E-state index contributed by atoms with van der Waals surface area (Å²) in [6, 6.07) is 0. The Morgan fingerprint density at radius 2 is 2.07 bits per heavy atom. The summed E-state index contributed by atoms with van der Waals surface area (Å²) in [5.41, 5.74) is 0.0625. The lowest BCUT2D eigenvalue weighted by atomic mass is 10.1. The van der Waals surface area contributed by atoms with E-state index in [1.807, 2.05) is 0 Å². The summed E-state index contributed by atoms with van der Waals surface area (Å²) in [5.74, 6) is -0.851. The van der Waals surface area contributed by atoms with E-state index in [0.717, 1.165) is 0 Å². The molecule has 0 aromatic carbocycles. The molecule has 0 fully saturated rings. The predicted molar refractivity (Wildman–Crippen MR) is 49.9 cm³/mol. The molecule has 0 amide bonds. The van der Waals surface area contributed by atoms with Crippen molar-refractivity contribution in [2.24, 2.45) is 0 Å². The van der Waals surface area contributed by atoms with Crippen LogP contribution >= 0.6 is 0 Å². The molecule has 0 saturated carbocycles. The molecule has 15 heavy (non-hydrogen) atoms. The highest BCUT2D eigenvalue weighted by molar-refractivity contribution is 5.88. The molecule has 0 heterocycles. The number of aliphatic hydroxyl groups is 3. The number of carbonyl (C=O) groups is 2. The van der Waals surface area contributed by atoms with Gasteiger partial charge >= 0.3 is 5.97 Å². The second-order valence-electron chi connectivity index (χ2n) is 3.03. The van der Waals surface area contributed by atoms with E-state index in [-0.39, 0.29) is 11.9 Å². The first-order valence-electron chi connectivity index (χ1n) is 4.22. The number of rotatable bonds is 6. The van der Waals surface area contributed by atoms with Crippen molar-refractivity contribution < 1.29 is 29.6 Å². The Labute approximate surface area is 86.8 Å². The number of ether oxygens (including phenoxy) is 1. The summed E-state index contributed by atoms with van der Waals surface area (Å²) in [6.45, 7) is 3.92. The predicted octanol–water partition coefficient (Wildman–Crippen LogP) is -1.61. The van der Waals surface area contributed by atoms with Crippen LogP contribution in [-0.4, -0.2) is 52.5 Å². The normalized spacial score (nSPS) is 16.3. The van der Waals surface area contributed by atoms with Crippen LogP contribution in [0.15, 0.2) is 12.2 Å². The van der Waals surface area contributed by atoms with Crippen LogP contribution in [0, 0.1) is 0 Å². The quantitative estimate of drug-likeness (QED) is 0.281. The first-order chi connectivity index (χ1) is 6.93. The number of hydrogen-bond acceptors (Lipinski definition) is 6. The fraction of sp³-hybridized carbons (Fsp3) is 0.556. The van der Waals surface area contributed by atoms with Crippen molar-refractivity contribution in [3.05, 3.63) is 12.2 Å². The second-order valence-corrected chi connectivity index (χ2v) is 3.03. The highest BCUT2D eigenvalue weighted by Crippen LogP contribution is 2.05. The van der Waals surface area contributed by atoms with Gasteiger partial charge in [-0.1, -0.05) is 6.58 Å². The molecule has 0 bridgehead atoms. The second kappa shape index (κ2) is 6.28. The van der Waals surface area contributed by atoms with Crippen molar-refractivity contribution in [2.75, 3.05) is 6.61 Å². The fourth-order valence-corrected chi connectivity index (χ4v) is 0.729. The van der Waals surface area contributed by atoms with Gasteiger partial charge in [-0.25, -0.2) is 4.79 Å². The van der Waals surface area contributed by atoms with Gasteiger partial charge in [0, 0.05) is 5.57 Å². The third-order valence-electron chi connectivity index (χ3n) is 1.64. The molecule has 0 aromatic heterocycles. The van der Waals surface area contributed by atoms with E-state index in [4.69, 9.17) is 10.2 Å². The molecule has 0 saturated heterocycles. The monoisotopic (exact) mass is 218 g/mol. The minimum Gasteiger partial charge on any atom is -0.448 e. The number of esters is 1. The molecule has 86 valence electrons. The van der Waals surface area contributed by atoms with Crippen molar-refractivity contribution >= 4 is 12.3 Å². The molecule has 0 rings (SSSR count). The van der Waals surface area contributed by atoms with Crippen molar-refractivity contribution in [1.29, 1.82) is 0 Å². The lowest BCUT2D eigenvalue weighted by Gasteiger charge is -2.21. The van der Waals surface area contributed by atoms with Crippen molar-refractivity contribution in [2.45, 2.75) is 25.2 Å². The van der Waals surface area contributed by atoms with E-state index >= 15 is 0 Å². The third-order valence-corrected chi connectivity index (χ3v) is 1.64. The van der Waals surface area contributed by atoms with Crippen LogP contribution < -0.4 is 0 Å². The summed E-state index contributed by atoms with van der Waals surface area (Å²) in [5, 5.41) is 26.8. The molecular weight excluding hydrogens is 204 g/mol. The maximum Gasteiger partial charge on any atom is 0.333 e. The number of aldehydes is 1. The zero-order valence-electron chi connectivity index (χ0n) is 8.29. The van der Waals surface area contributed by atoms with E-state index < -0.39 is 30.9 Å². The molecule has 3 atom stereocenters. The Bertz CT molecular complexity index is 249. The van der Waals surface area contributed by atoms with Gasteiger partial charge < -0.3 is 20.1 Å². The average Bonchev–Trinajstić information content (AvgIpc) is 2.23. The number of carbonyl (C=O) groups excluding carboxylic acids is 2. The van der Waals surface area contributed by atoms with Crippen LogP contribution in [0.5, 0.6) is 0 Å². The van der Waals surface area contributed by atoms with Crippen LogP contribution in [0.3, 0.4) is 0 Å². The standard InChI is InChI=1S/C9H14O6/c1-5(2)9(14)15-7(4-11)8(13)6(12)3-10/h4,6-8,10,12-13H,1,3H2,2H3/t6-,7+,8+/m1/s1. The molecule has 6 nitrogen and oxygen atoms in total. The van der Waals surface area contributed by atoms with Crippen molar-refractivity contribution in [3.8, 4) is 0 Å². The van der Waals surface area contributed by atoms with Gasteiger partial charge in [0.25, 0.3) is 0 Å². The number of aliphatic hydroxyl groups excluding tert-OH is 3. The van der Waals surface area contributed by atoms with Gasteiger partial charge in [0.15, 0.2) is 12.4 Å². The van der Waals surface area contributed by atoms with E-state index in [0.29, 0.717) is 0 Å². The summed E-state index contributed by atoms with van der Waals surface area (Å²) in [6.07, 6.45) is -4.55. The molecule has 3 N–H and O–H groups in total. The van der Waals surface area contributed by atoms with E-state index in [1.54, 1.807) is 0 Å². The fourth-order valence-electron chi connectivity index (χ4n) is 0.729. The van der Waals surface area contributed by atoms with Gasteiger partial charge in [-0.3, -0.25) is 4.79 Å². The molecule has 0 aliphatic heterocycles. The Morgan fingerprint density at radius 3 is 2.40 bits per heavy atom. The Balaban J connectivity index is 4.43. The highest BCUT2D eigenvalue weighted by Gasteiger charge is 2.28. The molecule has 0 aliphatic rings. The van der Waals surface area contributed by atoms with Crippen LogP contribution in [-0.2, 0) is 14.3 Å². The van der Waals surface area contributed by atoms with Gasteiger partial charge in [0.1, 0.15) is 12.2 Å². The summed E-state index contributed by atoms with van der Waals surface area (Å²) in [7, 11) is 0. The molecule has 0 aliphatic carbocycles. The Morgan fingerprint density at radius 1 is 1.53 bits per heavy atom. The van der Waals surface area contributed by atoms with Gasteiger partial charge in [-0.2, -0.15) is 0 Å². The third kappa shape index (κ3) is 4.20. The van der Waals surface area contributed by atoms with Gasteiger partial charge in [0.05, 0.1) is 6.61 Å². The Kier molecular flexibility index (Phi) is 5.76. The smallest absolute Gasteiger partial charge is 0.333 e. The van der Waals surface area contributed by atoms with Crippen LogP contribution in [0.4, 0.5) is 0 Å². The number of hydrogen-bond donors (Lipinski definition) is 3. The zero-order valence-corrected chi connectivity index (χ0v) is 8.29. The minimum atomic E-state index is -1.66. The molecule has 0 radical (unpaired) electrons. The lowest BCUT2D eigenvalue weighted by molar-refractivity contribution is -0.159. The first-order valence-corrected chi connectivity index (χ1v) is 4.22. The maximum atomic E-state index is 11.0. The van der Waals surface area contributed by atoms with Crippen LogP contribution in [0.25, 0.3) is 0 Å². The van der Waals surface area contributed by atoms with Crippen LogP contribution in [0.2, 0.25) is 0 Å². The molecule has 0 spiro atoms. The molecule has 0 aromatic rings. The average molecular weight is 218 g/mol. The largest absolute Gasteiger partial charge is 0.448 e. The highest BCUT2D eigenvalue weighted by atomic mass is 16.6. The molecular formula is C9H14O6. The van der Waals surface area contributed by atoms with Gasteiger partial charge in [0.2, 0.25) is 0 Å². The van der Waals surface area contributed by atoms with Gasteiger partial charge in [-0.15, -0.1) is 0 Å². The summed E-state index contributed by atoms with van der Waals surface area (Å²) >= 11 is 0. The molecule has 6 heteroatoms. The molecule has 0 unspecified atom stereocenters. The van der Waals surface area contributed by atoms with Crippen LogP contribution in [0.1, 0.15) is 6.92 Å². The first kappa shape index (κ1) is 13.8. The van der Waals surface area contributed by atoms with Gasteiger partial charge in [-0.05, 0) is 6.92 Å². The van der Waals surface area contributed by atoms with Crippen molar-refractivity contribution in [1.82, 2.24) is 0 Å². The summed E-state index contributed by atoms with van der Waals surface area (Å²) < 4.78 is 4.52. The minimum absolute atomic E-state index is 0.0625.